The van der Waals surface area contributed by atoms with E-state index in [0.717, 1.165) is 16.7 Å². The van der Waals surface area contributed by atoms with E-state index in [1.165, 1.54) is 4.90 Å². The second-order valence-electron chi connectivity index (χ2n) is 7.73. The molecule has 0 aliphatic carbocycles. The molecule has 4 rings (SSSR count). The molecule has 35 heavy (non-hydrogen) atoms. The number of rotatable bonds is 7. The Hall–Kier alpha value is -4.10. The van der Waals surface area contributed by atoms with Crippen LogP contribution in [0.1, 0.15) is 18.2 Å². The van der Waals surface area contributed by atoms with Crippen LogP contribution in [0.4, 0.5) is 16.2 Å². The lowest BCUT2D eigenvalue weighted by Gasteiger charge is -2.23. The first-order valence-corrected chi connectivity index (χ1v) is 11.4. The van der Waals surface area contributed by atoms with Crippen LogP contribution in [0.3, 0.4) is 0 Å². The summed E-state index contributed by atoms with van der Waals surface area (Å²) >= 11 is 6.43. The highest BCUT2D eigenvalue weighted by Gasteiger charge is 2.29. The number of carbonyl (C=O) groups is 2. The molecule has 0 aliphatic heterocycles. The van der Waals surface area contributed by atoms with Gasteiger partial charge in [0.25, 0.3) is 0 Å². The molecule has 1 N–H and O–H groups in total. The number of aryl methyl sites for hydroxylation is 1. The summed E-state index contributed by atoms with van der Waals surface area (Å²) < 4.78 is 10.8. The van der Waals surface area contributed by atoms with Gasteiger partial charge < -0.3 is 14.4 Å². The third kappa shape index (κ3) is 5.05. The van der Waals surface area contributed by atoms with Gasteiger partial charge in [-0.3, -0.25) is 4.79 Å². The van der Waals surface area contributed by atoms with Gasteiger partial charge in [0, 0.05) is 5.56 Å². The fourth-order valence-corrected chi connectivity index (χ4v) is 4.10. The van der Waals surface area contributed by atoms with Crippen LogP contribution in [-0.4, -0.2) is 28.9 Å². The molecule has 0 saturated carbocycles. The largest absolute Gasteiger partial charge is 0.481 e. The number of aliphatic carboxylic acids is 1. The molecular formula is C27H23ClN2O5. The van der Waals surface area contributed by atoms with Crippen LogP contribution < -0.4 is 4.90 Å². The van der Waals surface area contributed by atoms with E-state index in [1.54, 1.807) is 44.2 Å². The summed E-state index contributed by atoms with van der Waals surface area (Å²) in [6.07, 6.45) is -0.677. The Morgan fingerprint density at radius 1 is 1.00 bits per heavy atom. The number of aromatic nitrogens is 1. The molecule has 7 nitrogen and oxygen atoms in total. The van der Waals surface area contributed by atoms with Crippen molar-refractivity contribution in [1.82, 2.24) is 5.16 Å². The molecule has 0 bridgehead atoms. The van der Waals surface area contributed by atoms with Gasteiger partial charge in [0.1, 0.15) is 11.4 Å². The van der Waals surface area contributed by atoms with Crippen molar-refractivity contribution in [2.75, 3.05) is 11.5 Å². The van der Waals surface area contributed by atoms with Gasteiger partial charge in [-0.1, -0.05) is 77.4 Å². The zero-order chi connectivity index (χ0) is 24.9. The summed E-state index contributed by atoms with van der Waals surface area (Å²) in [5.74, 6) is -0.473. The van der Waals surface area contributed by atoms with E-state index in [4.69, 9.17) is 20.9 Å². The monoisotopic (exact) mass is 490 g/mol. The summed E-state index contributed by atoms with van der Waals surface area (Å²) in [4.78, 5) is 25.7. The number of nitrogens with zero attached hydrogens (tertiary/aromatic N) is 2. The lowest BCUT2D eigenvalue weighted by Crippen LogP contribution is -2.27. The molecule has 1 aromatic heterocycles. The summed E-state index contributed by atoms with van der Waals surface area (Å²) in [7, 11) is 0. The lowest BCUT2D eigenvalue weighted by atomic mass is 9.96. The van der Waals surface area contributed by atoms with Gasteiger partial charge in [0.2, 0.25) is 0 Å². The van der Waals surface area contributed by atoms with E-state index in [2.05, 4.69) is 5.16 Å². The molecule has 0 spiro atoms. The second kappa shape index (κ2) is 10.4. The molecule has 4 aromatic rings. The fraction of sp³-hybridized carbons (Fsp3) is 0.148. The first kappa shape index (κ1) is 24.0. The van der Waals surface area contributed by atoms with Crippen LogP contribution in [0.15, 0.2) is 77.3 Å². The Bertz CT molecular complexity index is 1360. The Labute approximate surface area is 207 Å². The molecule has 0 radical (unpaired) electrons. The zero-order valence-corrected chi connectivity index (χ0v) is 20.0. The molecule has 1 heterocycles. The highest BCUT2D eigenvalue weighted by molar-refractivity contribution is 6.34. The van der Waals surface area contributed by atoms with Crippen LogP contribution in [-0.2, 0) is 16.0 Å². The molecule has 0 unspecified atom stereocenters. The molecule has 0 atom stereocenters. The van der Waals surface area contributed by atoms with E-state index in [-0.39, 0.29) is 13.0 Å². The molecule has 1 amide bonds. The lowest BCUT2D eigenvalue weighted by molar-refractivity contribution is -0.136. The molecule has 0 saturated heterocycles. The second-order valence-corrected chi connectivity index (χ2v) is 8.13. The average Bonchev–Trinajstić information content (AvgIpc) is 3.22. The number of hydrogen-bond acceptors (Lipinski definition) is 5. The molecule has 0 aliphatic rings. The van der Waals surface area contributed by atoms with Crippen LogP contribution in [0.5, 0.6) is 0 Å². The maximum absolute atomic E-state index is 13.0. The Morgan fingerprint density at radius 2 is 1.66 bits per heavy atom. The Kier molecular flexibility index (Phi) is 7.17. The predicted octanol–water partition coefficient (Wildman–Crippen LogP) is 6.89. The van der Waals surface area contributed by atoms with Crippen molar-refractivity contribution in [3.63, 3.8) is 0 Å². The Balaban J connectivity index is 1.78. The fourth-order valence-electron chi connectivity index (χ4n) is 3.88. The minimum atomic E-state index is -0.893. The number of carboxylic acid groups (broad SMARTS) is 1. The number of carbonyl (C=O) groups excluding carboxylic acids is 1. The predicted molar refractivity (Wildman–Crippen MR) is 134 cm³/mol. The highest BCUT2D eigenvalue weighted by atomic mass is 35.5. The molecule has 8 heteroatoms. The van der Waals surface area contributed by atoms with Crippen molar-refractivity contribution in [2.24, 2.45) is 0 Å². The maximum Gasteiger partial charge on any atom is 0.419 e. The number of ether oxygens (including phenoxy) is 1. The van der Waals surface area contributed by atoms with Crippen molar-refractivity contribution in [3.8, 4) is 22.4 Å². The smallest absolute Gasteiger partial charge is 0.419 e. The van der Waals surface area contributed by atoms with Crippen molar-refractivity contribution in [2.45, 2.75) is 20.3 Å². The topological polar surface area (TPSA) is 92.9 Å². The first-order valence-electron chi connectivity index (χ1n) is 11.0. The van der Waals surface area contributed by atoms with Gasteiger partial charge in [0.05, 0.1) is 23.7 Å². The number of para-hydroxylation sites is 1. The third-order valence-corrected chi connectivity index (χ3v) is 5.75. The van der Waals surface area contributed by atoms with Crippen molar-refractivity contribution >= 4 is 35.0 Å². The molecular weight excluding hydrogens is 468 g/mol. The zero-order valence-electron chi connectivity index (χ0n) is 19.2. The molecule has 178 valence electrons. The minimum absolute atomic E-state index is 0.0725. The van der Waals surface area contributed by atoms with Crippen molar-refractivity contribution in [3.05, 3.63) is 89.1 Å². The van der Waals surface area contributed by atoms with Crippen LogP contribution in [0.2, 0.25) is 5.02 Å². The number of halogens is 1. The van der Waals surface area contributed by atoms with Crippen molar-refractivity contribution in [1.29, 1.82) is 0 Å². The number of hydrogen-bond donors (Lipinski definition) is 1. The van der Waals surface area contributed by atoms with Gasteiger partial charge >= 0.3 is 12.1 Å². The van der Waals surface area contributed by atoms with Gasteiger partial charge in [0.15, 0.2) is 5.76 Å². The van der Waals surface area contributed by atoms with Crippen LogP contribution in [0.25, 0.3) is 22.4 Å². The van der Waals surface area contributed by atoms with E-state index in [1.807, 2.05) is 42.5 Å². The third-order valence-electron chi connectivity index (χ3n) is 5.43. The van der Waals surface area contributed by atoms with Gasteiger partial charge in [-0.15, -0.1) is 0 Å². The number of benzene rings is 3. The number of anilines is 2. The van der Waals surface area contributed by atoms with Crippen LogP contribution in [0, 0.1) is 6.92 Å². The standard InChI is InChI=1S/C27H23ClN2O5/c1-3-34-27(33)30(23-11-7-6-10-22(23)28)26-17(2)35-29-25(26)19-14-12-18(13-15-19)21-9-5-4-8-20(21)16-24(31)32/h4-15H,3,16H2,1-2H3,(H,31,32). The van der Waals surface area contributed by atoms with Gasteiger partial charge in [-0.25, -0.2) is 9.69 Å². The Morgan fingerprint density at radius 3 is 2.34 bits per heavy atom. The van der Waals surface area contributed by atoms with Crippen LogP contribution >= 0.6 is 11.6 Å². The average molecular weight is 491 g/mol. The van der Waals surface area contributed by atoms with Crippen molar-refractivity contribution < 1.29 is 24.0 Å². The van der Waals surface area contributed by atoms with E-state index in [9.17, 15) is 14.7 Å². The van der Waals surface area contributed by atoms with Gasteiger partial charge in [-0.2, -0.15) is 0 Å². The highest BCUT2D eigenvalue weighted by Crippen LogP contribution is 2.41. The number of amides is 1. The summed E-state index contributed by atoms with van der Waals surface area (Å²) in [6.45, 7) is 3.63. The SMILES string of the molecule is CCOC(=O)N(c1ccccc1Cl)c1c(-c2ccc(-c3ccccc3CC(=O)O)cc2)noc1C. The van der Waals surface area contributed by atoms with Gasteiger partial charge in [-0.05, 0) is 42.7 Å². The quantitative estimate of drug-likeness (QED) is 0.303. The minimum Gasteiger partial charge on any atom is -0.481 e. The molecule has 0 fully saturated rings. The first-order chi connectivity index (χ1) is 16.9. The van der Waals surface area contributed by atoms with E-state index in [0.29, 0.717) is 33.4 Å². The summed E-state index contributed by atoms with van der Waals surface area (Å²) in [6, 6.07) is 21.8. The number of carboxylic acids is 1. The normalized spacial score (nSPS) is 10.7. The summed E-state index contributed by atoms with van der Waals surface area (Å²) in [5, 5.41) is 13.8. The maximum atomic E-state index is 13.0. The molecule has 3 aromatic carbocycles. The van der Waals surface area contributed by atoms with E-state index >= 15 is 0 Å². The van der Waals surface area contributed by atoms with E-state index < -0.39 is 12.1 Å². The summed E-state index contributed by atoms with van der Waals surface area (Å²) in [5.41, 5.74) is 4.44.